The Morgan fingerprint density at radius 3 is 2.22 bits per heavy atom. The van der Waals surface area contributed by atoms with Crippen LogP contribution in [0.4, 0.5) is 0 Å². The Labute approximate surface area is 136 Å². The molecule has 0 aliphatic rings. The lowest BCUT2D eigenvalue weighted by molar-refractivity contribution is 0.0827. The molecular weight excluding hydrogens is 288 g/mol. The predicted molar refractivity (Wildman–Crippen MR) is 90.1 cm³/mol. The molecule has 0 atom stereocenters. The van der Waals surface area contributed by atoms with Crippen molar-refractivity contribution in [2.75, 3.05) is 20.6 Å². The Morgan fingerprint density at radius 1 is 0.957 bits per heavy atom. The average Bonchev–Trinajstić information content (AvgIpc) is 2.59. The van der Waals surface area contributed by atoms with Crippen molar-refractivity contribution in [2.45, 2.75) is 0 Å². The van der Waals surface area contributed by atoms with Gasteiger partial charge in [0.25, 0.3) is 11.8 Å². The molecule has 4 nitrogen and oxygen atoms in total. The van der Waals surface area contributed by atoms with Crippen LogP contribution < -0.4 is 5.32 Å². The maximum absolute atomic E-state index is 11.8. The second-order valence-corrected chi connectivity index (χ2v) is 5.13. The van der Waals surface area contributed by atoms with Crippen LogP contribution in [0.3, 0.4) is 0 Å². The first kappa shape index (κ1) is 16.3. The Balaban J connectivity index is 1.90. The van der Waals surface area contributed by atoms with Gasteiger partial charge in [0, 0.05) is 30.8 Å². The normalized spacial score (nSPS) is 9.48. The summed E-state index contributed by atoms with van der Waals surface area (Å²) in [4.78, 5) is 25.1. The van der Waals surface area contributed by atoms with Crippen LogP contribution in [0.5, 0.6) is 0 Å². The van der Waals surface area contributed by atoms with Gasteiger partial charge in [-0.1, -0.05) is 30.0 Å². The molecule has 0 heterocycles. The van der Waals surface area contributed by atoms with E-state index in [9.17, 15) is 9.59 Å². The molecule has 2 amide bonds. The van der Waals surface area contributed by atoms with Gasteiger partial charge in [0.2, 0.25) is 0 Å². The third kappa shape index (κ3) is 4.72. The summed E-state index contributed by atoms with van der Waals surface area (Å²) in [5.41, 5.74) is 2.04. The first-order chi connectivity index (χ1) is 11.1. The van der Waals surface area contributed by atoms with Gasteiger partial charge < -0.3 is 10.2 Å². The maximum atomic E-state index is 11.8. The van der Waals surface area contributed by atoms with Gasteiger partial charge in [0.1, 0.15) is 0 Å². The third-order valence-corrected chi connectivity index (χ3v) is 3.14. The number of carbonyl (C=O) groups is 2. The highest BCUT2D eigenvalue weighted by Gasteiger charge is 2.06. The summed E-state index contributed by atoms with van der Waals surface area (Å²) in [7, 11) is 3.43. The van der Waals surface area contributed by atoms with Crippen LogP contribution in [0.1, 0.15) is 26.3 Å². The van der Waals surface area contributed by atoms with Gasteiger partial charge in [-0.3, -0.25) is 9.59 Å². The molecule has 1 N–H and O–H groups in total. The largest absolute Gasteiger partial charge is 0.345 e. The van der Waals surface area contributed by atoms with Crippen LogP contribution >= 0.6 is 0 Å². The summed E-state index contributed by atoms with van der Waals surface area (Å²) in [6, 6.07) is 16.1. The van der Waals surface area contributed by atoms with Crippen LogP contribution in [0.25, 0.3) is 0 Å². The van der Waals surface area contributed by atoms with Gasteiger partial charge >= 0.3 is 0 Å². The minimum Gasteiger partial charge on any atom is -0.345 e. The summed E-state index contributed by atoms with van der Waals surface area (Å²) in [6.45, 7) is 0.270. The monoisotopic (exact) mass is 306 g/mol. The Bertz CT molecular complexity index is 738. The van der Waals surface area contributed by atoms with Crippen LogP contribution in [-0.2, 0) is 0 Å². The highest BCUT2D eigenvalue weighted by atomic mass is 16.2. The fourth-order valence-corrected chi connectivity index (χ4v) is 1.92. The van der Waals surface area contributed by atoms with E-state index in [2.05, 4.69) is 17.2 Å². The standard InChI is InChI=1S/C19H18N2O2/c1-21(2)19(23)17-12-10-15(11-13-17)7-6-14-20-18(22)16-8-4-3-5-9-16/h3-5,8-13H,14H2,1-2H3,(H,20,22). The molecule has 0 aliphatic heterocycles. The van der Waals surface area contributed by atoms with E-state index in [1.165, 1.54) is 4.90 Å². The lowest BCUT2D eigenvalue weighted by atomic mass is 10.1. The van der Waals surface area contributed by atoms with E-state index in [0.29, 0.717) is 11.1 Å². The molecule has 0 spiro atoms. The summed E-state index contributed by atoms with van der Waals surface area (Å²) >= 11 is 0. The summed E-state index contributed by atoms with van der Waals surface area (Å²) in [6.07, 6.45) is 0. The zero-order valence-corrected chi connectivity index (χ0v) is 13.2. The van der Waals surface area contributed by atoms with Gasteiger partial charge in [0.15, 0.2) is 0 Å². The number of nitrogens with one attached hydrogen (secondary N) is 1. The zero-order valence-electron chi connectivity index (χ0n) is 13.2. The Hall–Kier alpha value is -3.06. The number of hydrogen-bond donors (Lipinski definition) is 1. The molecule has 0 bridgehead atoms. The lowest BCUT2D eigenvalue weighted by Crippen LogP contribution is -2.23. The van der Waals surface area contributed by atoms with Gasteiger partial charge in [-0.25, -0.2) is 0 Å². The van der Waals surface area contributed by atoms with Crippen molar-refractivity contribution in [2.24, 2.45) is 0 Å². The van der Waals surface area contributed by atoms with E-state index in [-0.39, 0.29) is 18.4 Å². The molecule has 4 heteroatoms. The molecule has 0 saturated heterocycles. The van der Waals surface area contributed by atoms with E-state index < -0.39 is 0 Å². The van der Waals surface area contributed by atoms with Crippen molar-refractivity contribution in [3.05, 3.63) is 71.3 Å². The minimum absolute atomic E-state index is 0.0420. The molecule has 0 fully saturated rings. The van der Waals surface area contributed by atoms with Crippen molar-refractivity contribution in [1.29, 1.82) is 0 Å². The number of rotatable bonds is 3. The predicted octanol–water partition coefficient (Wildman–Crippen LogP) is 2.17. The van der Waals surface area contributed by atoms with Crippen molar-refractivity contribution >= 4 is 11.8 Å². The van der Waals surface area contributed by atoms with E-state index in [1.807, 2.05) is 18.2 Å². The average molecular weight is 306 g/mol. The number of amides is 2. The quantitative estimate of drug-likeness (QED) is 0.884. The number of benzene rings is 2. The number of nitrogens with zero attached hydrogens (tertiary/aromatic N) is 1. The second kappa shape index (κ2) is 7.81. The van der Waals surface area contributed by atoms with E-state index in [0.717, 1.165) is 5.56 Å². The highest BCUT2D eigenvalue weighted by molar-refractivity contribution is 5.94. The van der Waals surface area contributed by atoms with Crippen molar-refractivity contribution in [3.8, 4) is 11.8 Å². The second-order valence-electron chi connectivity index (χ2n) is 5.13. The Kier molecular flexibility index (Phi) is 5.54. The fourth-order valence-electron chi connectivity index (χ4n) is 1.92. The molecular formula is C19H18N2O2. The first-order valence-electron chi connectivity index (χ1n) is 7.22. The molecule has 0 aromatic heterocycles. The zero-order chi connectivity index (χ0) is 16.7. The molecule has 0 radical (unpaired) electrons. The molecule has 0 aliphatic carbocycles. The smallest absolute Gasteiger partial charge is 0.253 e. The SMILES string of the molecule is CN(C)C(=O)c1ccc(C#CCNC(=O)c2ccccc2)cc1. The molecule has 2 aromatic rings. The molecule has 0 unspecified atom stereocenters. The van der Waals surface area contributed by atoms with Crippen LogP contribution in [0, 0.1) is 11.8 Å². The summed E-state index contributed by atoms with van der Waals surface area (Å²) in [5.74, 6) is 5.67. The van der Waals surface area contributed by atoms with Crippen LogP contribution in [-0.4, -0.2) is 37.4 Å². The van der Waals surface area contributed by atoms with Gasteiger partial charge in [-0.15, -0.1) is 0 Å². The Morgan fingerprint density at radius 2 is 1.61 bits per heavy atom. The van der Waals surface area contributed by atoms with Crippen molar-refractivity contribution < 1.29 is 9.59 Å². The van der Waals surface area contributed by atoms with Crippen LogP contribution in [0.2, 0.25) is 0 Å². The fraction of sp³-hybridized carbons (Fsp3) is 0.158. The molecule has 23 heavy (non-hydrogen) atoms. The van der Waals surface area contributed by atoms with Crippen molar-refractivity contribution in [3.63, 3.8) is 0 Å². The van der Waals surface area contributed by atoms with Gasteiger partial charge in [0.05, 0.1) is 6.54 Å². The molecule has 2 aromatic carbocycles. The van der Waals surface area contributed by atoms with Gasteiger partial charge in [-0.05, 0) is 36.4 Å². The summed E-state index contributed by atoms with van der Waals surface area (Å²) < 4.78 is 0. The topological polar surface area (TPSA) is 49.4 Å². The molecule has 2 rings (SSSR count). The lowest BCUT2D eigenvalue weighted by Gasteiger charge is -2.09. The number of hydrogen-bond acceptors (Lipinski definition) is 2. The highest BCUT2D eigenvalue weighted by Crippen LogP contribution is 2.05. The minimum atomic E-state index is -0.146. The summed E-state index contributed by atoms with van der Waals surface area (Å²) in [5, 5.41) is 2.74. The maximum Gasteiger partial charge on any atom is 0.253 e. The first-order valence-corrected chi connectivity index (χ1v) is 7.22. The molecule has 0 saturated carbocycles. The van der Waals surface area contributed by atoms with Crippen LogP contribution in [0.15, 0.2) is 54.6 Å². The molecule has 116 valence electrons. The third-order valence-electron chi connectivity index (χ3n) is 3.14. The van der Waals surface area contributed by atoms with Gasteiger partial charge in [-0.2, -0.15) is 0 Å². The van der Waals surface area contributed by atoms with E-state index in [1.54, 1.807) is 50.5 Å². The number of carbonyl (C=O) groups excluding carboxylic acids is 2. The van der Waals surface area contributed by atoms with Crippen molar-refractivity contribution in [1.82, 2.24) is 10.2 Å². The van der Waals surface area contributed by atoms with E-state index >= 15 is 0 Å². The van der Waals surface area contributed by atoms with E-state index in [4.69, 9.17) is 0 Å².